The topological polar surface area (TPSA) is 126 Å². The molecule has 0 aliphatic rings. The van der Waals surface area contributed by atoms with E-state index in [0.29, 0.717) is 0 Å². The van der Waals surface area contributed by atoms with E-state index in [4.69, 9.17) is 0 Å². The van der Waals surface area contributed by atoms with Gasteiger partial charge in [0.2, 0.25) is 0 Å². The first-order valence-corrected chi connectivity index (χ1v) is 0. The number of hydrogen-bond acceptors (Lipinski definition) is 0. The van der Waals surface area contributed by atoms with Crippen LogP contribution in [-0.2, 0) is 0 Å². The van der Waals surface area contributed by atoms with Crippen molar-refractivity contribution in [3.63, 3.8) is 0 Å². The maximum absolute atomic E-state index is 0. The molecule has 0 aromatic heterocycles. The maximum Gasteiger partial charge on any atom is 0 e. The molecule has 0 unspecified atom stereocenters. The van der Waals surface area contributed by atoms with E-state index in [0.717, 1.165) is 0 Å². The summed E-state index contributed by atoms with van der Waals surface area (Å²) < 4.78 is 0. The number of rotatable bonds is 0. The first kappa shape index (κ1) is 283. The van der Waals surface area contributed by atoms with Crippen LogP contribution < -0.4 is 0 Å². The molecular weight excluding hydrogens is 186 g/mol. The van der Waals surface area contributed by atoms with E-state index in [1.54, 1.807) is 0 Å². The second-order valence-corrected chi connectivity index (χ2v) is 0. The van der Waals surface area contributed by atoms with Crippen molar-refractivity contribution in [1.82, 2.24) is 0 Å². The van der Waals surface area contributed by atoms with Gasteiger partial charge in [-0.05, 0) is 0 Å². The van der Waals surface area contributed by atoms with E-state index < -0.39 is 0 Å². The fourth-order valence-electron chi connectivity index (χ4n) is 0. The average Bonchev–Trinajstić information content (AvgIpc) is 0. The van der Waals surface area contributed by atoms with Gasteiger partial charge in [0.15, 0.2) is 0 Å². The molecule has 0 aliphatic heterocycles. The van der Waals surface area contributed by atoms with Crippen LogP contribution in [0.5, 0.6) is 0 Å². The van der Waals surface area contributed by atoms with E-state index in [9.17, 15) is 0 Å². The largest absolute Gasteiger partial charge is 0.412 e. The Bertz CT molecular complexity index is 3.61. The zero-order valence-electron chi connectivity index (χ0n) is 2.45. The van der Waals surface area contributed by atoms with Gasteiger partial charge in [-0.15, -0.1) is 0 Å². The Morgan fingerprint density at radius 1 is 0.400 bits per heavy atom. The maximum atomic E-state index is 0. The van der Waals surface area contributed by atoms with Crippen molar-refractivity contribution in [2.75, 3.05) is 0 Å². The van der Waals surface area contributed by atoms with Crippen molar-refractivity contribution < 1.29 is 21.9 Å². The average molecular weight is 194 g/mol. The first-order valence-electron chi connectivity index (χ1n) is 0. The first-order chi connectivity index (χ1) is 0. The summed E-state index contributed by atoms with van der Waals surface area (Å²) >= 11 is 0. The van der Waals surface area contributed by atoms with Gasteiger partial charge in [0, 0.05) is 24.4 Å². The molecule has 4 nitrogen and oxygen atoms in total. The Morgan fingerprint density at radius 3 is 0.400 bits per heavy atom. The zero-order valence-corrected chi connectivity index (χ0v) is 5.00. The summed E-state index contributed by atoms with van der Waals surface area (Å²) in [5.41, 5.74) is 0. The molecule has 0 saturated heterocycles. The van der Waals surface area contributed by atoms with Crippen LogP contribution in [0, 0.1) is 0 Å². The minimum atomic E-state index is 0. The molecule has 0 fully saturated rings. The molecule has 5 heavy (non-hydrogen) atoms. The molecule has 37 valence electrons. The zero-order chi connectivity index (χ0) is 0. The molecule has 0 aromatic rings. The summed E-state index contributed by atoms with van der Waals surface area (Å²) in [6, 6.07) is 0. The molecular formula is H8O4Sb. The van der Waals surface area contributed by atoms with Crippen LogP contribution in [0.15, 0.2) is 0 Å². The summed E-state index contributed by atoms with van der Waals surface area (Å²) in [5, 5.41) is 0. The Kier molecular flexibility index (Phi) is 8160. The molecule has 0 saturated carbocycles. The van der Waals surface area contributed by atoms with Crippen molar-refractivity contribution in [2.45, 2.75) is 0 Å². The molecule has 8 N–H and O–H groups in total. The van der Waals surface area contributed by atoms with Crippen LogP contribution in [0.25, 0.3) is 0 Å². The third-order valence-corrected chi connectivity index (χ3v) is 0. The Labute approximate surface area is 46.9 Å². The molecule has 0 aliphatic carbocycles. The van der Waals surface area contributed by atoms with Crippen molar-refractivity contribution in [1.29, 1.82) is 0 Å². The van der Waals surface area contributed by atoms with Gasteiger partial charge in [-0.25, -0.2) is 0 Å². The third-order valence-electron chi connectivity index (χ3n) is 0. The van der Waals surface area contributed by atoms with Crippen molar-refractivity contribution in [3.8, 4) is 0 Å². The summed E-state index contributed by atoms with van der Waals surface area (Å²) in [4.78, 5) is 0. The van der Waals surface area contributed by atoms with Gasteiger partial charge in [0.05, 0.1) is 0 Å². The van der Waals surface area contributed by atoms with Crippen LogP contribution in [0.4, 0.5) is 0 Å². The molecule has 0 spiro atoms. The van der Waals surface area contributed by atoms with Crippen molar-refractivity contribution in [2.24, 2.45) is 0 Å². The van der Waals surface area contributed by atoms with Crippen molar-refractivity contribution >= 4 is 24.4 Å². The standard InChI is InChI=1S/4H2O.Sb/h4*1H2;. The van der Waals surface area contributed by atoms with E-state index in [-0.39, 0.29) is 46.3 Å². The van der Waals surface area contributed by atoms with Crippen LogP contribution in [0.1, 0.15) is 0 Å². The molecule has 0 amide bonds. The van der Waals surface area contributed by atoms with E-state index in [2.05, 4.69) is 0 Å². The van der Waals surface area contributed by atoms with E-state index in [1.807, 2.05) is 0 Å². The molecule has 5 heteroatoms. The molecule has 3 radical (unpaired) electrons. The van der Waals surface area contributed by atoms with Gasteiger partial charge in [-0.1, -0.05) is 0 Å². The van der Waals surface area contributed by atoms with Gasteiger partial charge in [0.1, 0.15) is 0 Å². The SMILES string of the molecule is O.O.O.O.[Sb]. The van der Waals surface area contributed by atoms with Gasteiger partial charge in [0.25, 0.3) is 0 Å². The molecule has 0 heterocycles. The van der Waals surface area contributed by atoms with E-state index >= 15 is 0 Å². The Balaban J connectivity index is 0. The Hall–Kier alpha value is 0.658. The van der Waals surface area contributed by atoms with Gasteiger partial charge >= 0.3 is 0 Å². The predicted octanol–water partition coefficient (Wildman–Crippen LogP) is -3.68. The second-order valence-electron chi connectivity index (χ2n) is 0. The van der Waals surface area contributed by atoms with Crippen LogP contribution in [0.3, 0.4) is 0 Å². The fourth-order valence-corrected chi connectivity index (χ4v) is 0. The molecule has 0 atom stereocenters. The van der Waals surface area contributed by atoms with Crippen LogP contribution in [0.2, 0.25) is 0 Å². The monoisotopic (exact) mass is 193 g/mol. The summed E-state index contributed by atoms with van der Waals surface area (Å²) in [6.45, 7) is 0. The number of hydrogen-bond donors (Lipinski definition) is 0. The second kappa shape index (κ2) is 144. The molecule has 0 aromatic carbocycles. The van der Waals surface area contributed by atoms with Crippen LogP contribution >= 0.6 is 0 Å². The van der Waals surface area contributed by atoms with Crippen LogP contribution in [-0.4, -0.2) is 46.3 Å². The van der Waals surface area contributed by atoms with Gasteiger partial charge < -0.3 is 21.9 Å². The third kappa shape index (κ3) is 76.0. The van der Waals surface area contributed by atoms with Gasteiger partial charge in [-0.3, -0.25) is 0 Å². The smallest absolute Gasteiger partial charge is 0 e. The molecule has 0 rings (SSSR count). The minimum absolute atomic E-state index is 0. The quantitative estimate of drug-likeness (QED) is 0.352. The summed E-state index contributed by atoms with van der Waals surface area (Å²) in [5.74, 6) is 0. The predicted molar refractivity (Wildman–Crippen MR) is 20.2 cm³/mol. The normalized spacial score (nSPS) is 0. The summed E-state index contributed by atoms with van der Waals surface area (Å²) in [7, 11) is 0. The Morgan fingerprint density at radius 2 is 0.400 bits per heavy atom. The fraction of sp³-hybridized carbons (Fsp3) is 0. The van der Waals surface area contributed by atoms with E-state index in [1.165, 1.54) is 0 Å². The minimum Gasteiger partial charge on any atom is -0.412 e. The summed E-state index contributed by atoms with van der Waals surface area (Å²) in [6.07, 6.45) is 0. The van der Waals surface area contributed by atoms with Crippen molar-refractivity contribution in [3.05, 3.63) is 0 Å². The molecule has 0 bridgehead atoms. The van der Waals surface area contributed by atoms with Gasteiger partial charge in [-0.2, -0.15) is 0 Å².